The van der Waals surface area contributed by atoms with Gasteiger partial charge in [0.2, 0.25) is 0 Å². The summed E-state index contributed by atoms with van der Waals surface area (Å²) in [6, 6.07) is 2.66. The van der Waals surface area contributed by atoms with Gasteiger partial charge in [0.1, 0.15) is 5.60 Å². The molecule has 1 aromatic carbocycles. The minimum absolute atomic E-state index is 0.00588. The molecule has 0 fully saturated rings. The molecule has 0 unspecified atom stereocenters. The zero-order valence-corrected chi connectivity index (χ0v) is 17.1. The maximum absolute atomic E-state index is 15.1. The van der Waals surface area contributed by atoms with Crippen molar-refractivity contribution >= 4 is 29.4 Å². The van der Waals surface area contributed by atoms with E-state index < -0.39 is 35.2 Å². The van der Waals surface area contributed by atoms with Gasteiger partial charge in [0.25, 0.3) is 11.8 Å². The number of ether oxygens (including phenoxy) is 2. The van der Waals surface area contributed by atoms with Gasteiger partial charge in [-0.2, -0.15) is 0 Å². The number of hydrogen-bond acceptors (Lipinski definition) is 6. The number of rotatable bonds is 9. The number of halogens is 1. The molecule has 9 heteroatoms. The van der Waals surface area contributed by atoms with Gasteiger partial charge in [-0.3, -0.25) is 19.2 Å². The summed E-state index contributed by atoms with van der Waals surface area (Å²) in [6.07, 6.45) is 2.09. The number of anilines is 1. The predicted octanol–water partition coefficient (Wildman–Crippen LogP) is 2.77. The molecule has 162 valence electrons. The maximum Gasteiger partial charge on any atom is 0.306 e. The van der Waals surface area contributed by atoms with Crippen molar-refractivity contribution in [2.24, 2.45) is 0 Å². The van der Waals surface area contributed by atoms with Crippen LogP contribution in [0.1, 0.15) is 45.6 Å². The van der Waals surface area contributed by atoms with Crippen LogP contribution in [0.3, 0.4) is 0 Å². The quantitative estimate of drug-likeness (QED) is 0.371. The zero-order valence-electron chi connectivity index (χ0n) is 17.1. The first kappa shape index (κ1) is 23.1. The van der Waals surface area contributed by atoms with E-state index in [4.69, 9.17) is 14.6 Å². The Morgan fingerprint density at radius 3 is 2.30 bits per heavy atom. The first-order chi connectivity index (χ1) is 14.0. The monoisotopic (exact) mass is 421 g/mol. The molecule has 8 nitrogen and oxygen atoms in total. The molecule has 0 saturated heterocycles. The summed E-state index contributed by atoms with van der Waals surface area (Å²) >= 11 is 0. The molecule has 0 aliphatic carbocycles. The fourth-order valence-corrected chi connectivity index (χ4v) is 2.77. The van der Waals surface area contributed by atoms with Crippen LogP contribution in [0.5, 0.6) is 5.75 Å². The van der Waals surface area contributed by atoms with E-state index in [0.29, 0.717) is 4.90 Å². The van der Waals surface area contributed by atoms with Crippen LogP contribution in [0.15, 0.2) is 24.3 Å². The molecule has 0 radical (unpaired) electrons. The van der Waals surface area contributed by atoms with Gasteiger partial charge < -0.3 is 14.6 Å². The summed E-state index contributed by atoms with van der Waals surface area (Å²) in [5.74, 6) is -4.05. The van der Waals surface area contributed by atoms with Crippen molar-refractivity contribution < 1.29 is 38.1 Å². The Morgan fingerprint density at radius 2 is 1.73 bits per heavy atom. The lowest BCUT2D eigenvalue weighted by Gasteiger charge is -2.20. The fourth-order valence-electron chi connectivity index (χ4n) is 2.77. The number of carbonyl (C=O) groups excluding carboxylic acids is 3. The average molecular weight is 421 g/mol. The largest absolute Gasteiger partial charge is 0.490 e. The number of carbonyl (C=O) groups is 4. The molecule has 1 heterocycles. The highest BCUT2D eigenvalue weighted by Gasteiger charge is 2.30. The zero-order chi connectivity index (χ0) is 22.5. The van der Waals surface area contributed by atoms with Gasteiger partial charge >= 0.3 is 11.9 Å². The molecule has 1 aromatic rings. The smallest absolute Gasteiger partial charge is 0.306 e. The second kappa shape index (κ2) is 9.51. The number of esters is 1. The van der Waals surface area contributed by atoms with E-state index in [9.17, 15) is 19.2 Å². The summed E-state index contributed by atoms with van der Waals surface area (Å²) in [5.41, 5.74) is -0.621. The number of imide groups is 1. The van der Waals surface area contributed by atoms with E-state index in [0.717, 1.165) is 12.2 Å². The fraction of sp³-hybridized carbons (Fsp3) is 0.429. The Morgan fingerprint density at radius 1 is 1.10 bits per heavy atom. The highest BCUT2D eigenvalue weighted by Crippen LogP contribution is 2.33. The third-order valence-electron chi connectivity index (χ3n) is 4.01. The standard InChI is InChI=1S/C21H24FNO7/c1-21(2,3)30-18(28)5-4-12-29-20-13(7-11-17(26)27)6-8-14(19(20)22)23-15(24)9-10-16(23)25/h6,8-10H,4-5,7,11-12H2,1-3H3,(H,26,27). The van der Waals surface area contributed by atoms with Crippen LogP contribution in [0.2, 0.25) is 0 Å². The SMILES string of the molecule is CC(C)(C)OC(=O)CCCOc1c(CCC(=O)O)ccc(N2C(=O)C=CC2=O)c1F. The molecule has 0 saturated carbocycles. The van der Waals surface area contributed by atoms with Crippen molar-refractivity contribution in [1.82, 2.24) is 0 Å². The van der Waals surface area contributed by atoms with Crippen LogP contribution in [0.25, 0.3) is 0 Å². The number of aryl methyl sites for hydroxylation is 1. The van der Waals surface area contributed by atoms with Gasteiger partial charge in [0.05, 0.1) is 12.3 Å². The number of amides is 2. The van der Waals surface area contributed by atoms with Gasteiger partial charge in [-0.1, -0.05) is 6.07 Å². The molecule has 2 rings (SSSR count). The normalized spacial score (nSPS) is 13.7. The molecule has 30 heavy (non-hydrogen) atoms. The van der Waals surface area contributed by atoms with Gasteiger partial charge in [-0.15, -0.1) is 0 Å². The van der Waals surface area contributed by atoms with E-state index in [-0.39, 0.29) is 49.3 Å². The number of carboxylic acid groups (broad SMARTS) is 1. The molecule has 0 aromatic heterocycles. The molecule has 1 aliphatic rings. The number of carboxylic acids is 1. The molecule has 2 amide bonds. The number of aliphatic carboxylic acids is 1. The van der Waals surface area contributed by atoms with Gasteiger partial charge in [-0.25, -0.2) is 9.29 Å². The summed E-state index contributed by atoms with van der Waals surface area (Å²) in [5, 5.41) is 8.91. The van der Waals surface area contributed by atoms with Crippen molar-refractivity contribution in [2.45, 2.75) is 52.1 Å². The third-order valence-corrected chi connectivity index (χ3v) is 4.01. The van der Waals surface area contributed by atoms with Crippen LogP contribution < -0.4 is 9.64 Å². The van der Waals surface area contributed by atoms with Gasteiger partial charge in [-0.05, 0) is 45.2 Å². The number of benzene rings is 1. The third kappa shape index (κ3) is 6.13. The van der Waals surface area contributed by atoms with Gasteiger partial charge in [0.15, 0.2) is 11.6 Å². The molecule has 0 bridgehead atoms. The number of hydrogen-bond donors (Lipinski definition) is 1. The van der Waals surface area contributed by atoms with Gasteiger partial charge in [0, 0.05) is 25.0 Å². The van der Waals surface area contributed by atoms with E-state index >= 15 is 4.39 Å². The van der Waals surface area contributed by atoms with Crippen molar-refractivity contribution in [3.8, 4) is 5.75 Å². The lowest BCUT2D eigenvalue weighted by Crippen LogP contribution is -2.30. The Hall–Kier alpha value is -3.23. The molecular formula is C21H24FNO7. The molecule has 0 spiro atoms. The Kier molecular flexibility index (Phi) is 7.31. The van der Waals surface area contributed by atoms with Crippen molar-refractivity contribution in [1.29, 1.82) is 0 Å². The lowest BCUT2D eigenvalue weighted by atomic mass is 10.1. The lowest BCUT2D eigenvalue weighted by molar-refractivity contribution is -0.155. The van der Waals surface area contributed by atoms with Crippen LogP contribution in [0.4, 0.5) is 10.1 Å². The van der Waals surface area contributed by atoms with E-state index in [1.165, 1.54) is 12.1 Å². The summed E-state index contributed by atoms with van der Waals surface area (Å²) in [4.78, 5) is 47.1. The highest BCUT2D eigenvalue weighted by atomic mass is 19.1. The van der Waals surface area contributed by atoms with Crippen molar-refractivity contribution in [3.05, 3.63) is 35.7 Å². The molecular weight excluding hydrogens is 397 g/mol. The van der Waals surface area contributed by atoms with Crippen molar-refractivity contribution in [2.75, 3.05) is 11.5 Å². The van der Waals surface area contributed by atoms with Crippen LogP contribution in [0, 0.1) is 5.82 Å². The second-order valence-corrected chi connectivity index (χ2v) is 7.66. The minimum atomic E-state index is -1.07. The first-order valence-corrected chi connectivity index (χ1v) is 9.43. The van der Waals surface area contributed by atoms with Crippen LogP contribution in [-0.4, -0.2) is 41.1 Å². The Labute approximate surface area is 173 Å². The highest BCUT2D eigenvalue weighted by molar-refractivity contribution is 6.28. The average Bonchev–Trinajstić information content (AvgIpc) is 2.95. The molecule has 1 aliphatic heterocycles. The van der Waals surface area contributed by atoms with E-state index in [1.54, 1.807) is 20.8 Å². The summed E-state index contributed by atoms with van der Waals surface area (Å²) in [6.45, 7) is 5.19. The predicted molar refractivity (Wildman–Crippen MR) is 105 cm³/mol. The van der Waals surface area contributed by atoms with Crippen LogP contribution >= 0.6 is 0 Å². The van der Waals surface area contributed by atoms with E-state index in [2.05, 4.69) is 0 Å². The second-order valence-electron chi connectivity index (χ2n) is 7.66. The Balaban J connectivity index is 2.16. The maximum atomic E-state index is 15.1. The van der Waals surface area contributed by atoms with Crippen molar-refractivity contribution in [3.63, 3.8) is 0 Å². The summed E-state index contributed by atoms with van der Waals surface area (Å²) in [7, 11) is 0. The summed E-state index contributed by atoms with van der Waals surface area (Å²) < 4.78 is 25.8. The number of nitrogens with zero attached hydrogens (tertiary/aromatic N) is 1. The molecule has 1 N–H and O–H groups in total. The molecule has 0 atom stereocenters. The van der Waals surface area contributed by atoms with E-state index in [1.807, 2.05) is 0 Å². The first-order valence-electron chi connectivity index (χ1n) is 9.43. The topological polar surface area (TPSA) is 110 Å². The minimum Gasteiger partial charge on any atom is -0.490 e. The van der Waals surface area contributed by atoms with Crippen LogP contribution in [-0.2, 0) is 30.3 Å². The Bertz CT molecular complexity index is 868.